The molecule has 0 amide bonds. The molecule has 2 aromatic heterocycles. The van der Waals surface area contributed by atoms with Crippen LogP contribution in [0.25, 0.3) is 17.0 Å². The fraction of sp³-hybridized carbons (Fsp3) is 0.450. The lowest BCUT2D eigenvalue weighted by molar-refractivity contribution is 0.183. The third-order valence-corrected chi connectivity index (χ3v) is 5.84. The molecule has 4 rings (SSSR count). The molecule has 0 atom stereocenters. The minimum absolute atomic E-state index is 0.0966. The molecule has 1 aliphatic carbocycles. The van der Waals surface area contributed by atoms with Crippen LogP contribution < -0.4 is 11.1 Å². The Labute approximate surface area is 177 Å². The van der Waals surface area contributed by atoms with Crippen LogP contribution in [0.5, 0.6) is 0 Å². The van der Waals surface area contributed by atoms with E-state index in [1.807, 2.05) is 0 Å². The van der Waals surface area contributed by atoms with Crippen LogP contribution in [0.2, 0.25) is 5.02 Å². The highest BCUT2D eigenvalue weighted by Gasteiger charge is 2.38. The summed E-state index contributed by atoms with van der Waals surface area (Å²) in [6, 6.07) is 3.94. The number of rotatable bonds is 6. The maximum Gasteiger partial charge on any atom is 0.178 e. The van der Waals surface area contributed by atoms with Crippen molar-refractivity contribution in [3.05, 3.63) is 46.9 Å². The number of hydrogen-bond donors (Lipinski definition) is 2. The van der Waals surface area contributed by atoms with Gasteiger partial charge in [-0.2, -0.15) is 9.61 Å². The predicted molar refractivity (Wildman–Crippen MR) is 109 cm³/mol. The number of nitrogens with two attached hydrogens (primary N) is 1. The minimum atomic E-state index is -0.827. The molecule has 0 unspecified atom stereocenters. The first-order valence-corrected chi connectivity index (χ1v) is 10.2. The Morgan fingerprint density at radius 2 is 1.97 bits per heavy atom. The predicted octanol–water partition coefficient (Wildman–Crippen LogP) is 3.06. The standard InChI is InChI=1S/C20H23ClF2N6O/c1-30-10-9-25-12-5-7-20(24,8-6-12)19-28-17(16-14(22)3-2-4-15(16)23)27-18-13(21)11-26-29(18)19/h2-4,11-12,25H,5-10,24H2,1H3. The van der Waals surface area contributed by atoms with Crippen molar-refractivity contribution in [2.45, 2.75) is 37.3 Å². The number of benzene rings is 1. The second-order valence-electron chi connectivity index (χ2n) is 7.57. The van der Waals surface area contributed by atoms with E-state index >= 15 is 0 Å². The van der Waals surface area contributed by atoms with Crippen molar-refractivity contribution < 1.29 is 13.5 Å². The molecule has 1 fully saturated rings. The molecule has 10 heteroatoms. The van der Waals surface area contributed by atoms with Gasteiger partial charge in [0.1, 0.15) is 16.7 Å². The summed E-state index contributed by atoms with van der Waals surface area (Å²) in [7, 11) is 1.67. The summed E-state index contributed by atoms with van der Waals surface area (Å²) in [4.78, 5) is 8.76. The first kappa shape index (κ1) is 21.0. The fourth-order valence-electron chi connectivity index (χ4n) is 3.92. The highest BCUT2D eigenvalue weighted by molar-refractivity contribution is 6.33. The molecule has 3 aromatic rings. The average Bonchev–Trinajstić information content (AvgIpc) is 3.10. The van der Waals surface area contributed by atoms with E-state index in [0.29, 0.717) is 31.3 Å². The molecule has 0 aliphatic heterocycles. The second kappa shape index (κ2) is 8.50. The normalized spacial score (nSPS) is 22.0. The number of ether oxygens (including phenoxy) is 1. The number of aromatic nitrogens is 4. The Morgan fingerprint density at radius 1 is 1.27 bits per heavy atom. The van der Waals surface area contributed by atoms with Crippen molar-refractivity contribution in [3.63, 3.8) is 0 Å². The van der Waals surface area contributed by atoms with Crippen molar-refractivity contribution in [2.75, 3.05) is 20.3 Å². The van der Waals surface area contributed by atoms with E-state index < -0.39 is 17.2 Å². The molecule has 1 aromatic carbocycles. The zero-order chi connectivity index (χ0) is 21.3. The Hall–Kier alpha value is -2.20. The van der Waals surface area contributed by atoms with Crippen molar-refractivity contribution >= 4 is 17.2 Å². The van der Waals surface area contributed by atoms with E-state index in [9.17, 15) is 8.78 Å². The van der Waals surface area contributed by atoms with Crippen LogP contribution in [-0.2, 0) is 10.3 Å². The third-order valence-electron chi connectivity index (χ3n) is 5.57. The van der Waals surface area contributed by atoms with Gasteiger partial charge in [0.05, 0.1) is 23.9 Å². The van der Waals surface area contributed by atoms with Gasteiger partial charge in [0, 0.05) is 19.7 Å². The van der Waals surface area contributed by atoms with Crippen molar-refractivity contribution in [1.29, 1.82) is 0 Å². The van der Waals surface area contributed by atoms with Gasteiger partial charge in [-0.1, -0.05) is 17.7 Å². The molecule has 160 valence electrons. The van der Waals surface area contributed by atoms with Gasteiger partial charge in [0.25, 0.3) is 0 Å². The molecule has 30 heavy (non-hydrogen) atoms. The molecule has 0 spiro atoms. The molecular weight excluding hydrogens is 414 g/mol. The lowest BCUT2D eigenvalue weighted by atomic mass is 9.79. The Kier molecular flexibility index (Phi) is 5.97. The molecule has 7 nitrogen and oxygen atoms in total. The van der Waals surface area contributed by atoms with Crippen LogP contribution in [0.15, 0.2) is 24.4 Å². The van der Waals surface area contributed by atoms with Gasteiger partial charge in [-0.05, 0) is 37.8 Å². The monoisotopic (exact) mass is 436 g/mol. The Balaban J connectivity index is 1.72. The zero-order valence-corrected chi connectivity index (χ0v) is 17.3. The molecule has 1 saturated carbocycles. The van der Waals surface area contributed by atoms with Crippen LogP contribution in [0.4, 0.5) is 8.78 Å². The van der Waals surface area contributed by atoms with Gasteiger partial charge < -0.3 is 15.8 Å². The topological polar surface area (TPSA) is 90.4 Å². The van der Waals surface area contributed by atoms with E-state index in [0.717, 1.165) is 19.4 Å². The largest absolute Gasteiger partial charge is 0.383 e. The first-order valence-electron chi connectivity index (χ1n) is 9.80. The zero-order valence-electron chi connectivity index (χ0n) is 16.5. The lowest BCUT2D eigenvalue weighted by Crippen LogP contribution is -2.47. The van der Waals surface area contributed by atoms with E-state index in [4.69, 9.17) is 22.1 Å². The Morgan fingerprint density at radius 3 is 2.63 bits per heavy atom. The van der Waals surface area contributed by atoms with Gasteiger partial charge in [0.15, 0.2) is 17.3 Å². The summed E-state index contributed by atoms with van der Waals surface area (Å²) in [6.07, 6.45) is 4.33. The fourth-order valence-corrected chi connectivity index (χ4v) is 4.09. The summed E-state index contributed by atoms with van der Waals surface area (Å²) >= 11 is 6.24. The van der Waals surface area contributed by atoms with Crippen LogP contribution in [-0.4, -0.2) is 45.9 Å². The summed E-state index contributed by atoms with van der Waals surface area (Å²) in [5.41, 5.74) is 5.89. The summed E-state index contributed by atoms with van der Waals surface area (Å²) in [5.74, 6) is -1.20. The van der Waals surface area contributed by atoms with E-state index in [1.54, 1.807) is 7.11 Å². The summed E-state index contributed by atoms with van der Waals surface area (Å²) in [5, 5.41) is 7.97. The quantitative estimate of drug-likeness (QED) is 0.577. The number of nitrogens with one attached hydrogen (secondary N) is 1. The lowest BCUT2D eigenvalue weighted by Gasteiger charge is -2.37. The average molecular weight is 437 g/mol. The van der Waals surface area contributed by atoms with Crippen molar-refractivity contribution in [3.8, 4) is 11.4 Å². The highest BCUT2D eigenvalue weighted by Crippen LogP contribution is 2.36. The maximum absolute atomic E-state index is 14.4. The smallest absolute Gasteiger partial charge is 0.178 e. The molecule has 2 heterocycles. The first-order chi connectivity index (χ1) is 14.4. The minimum Gasteiger partial charge on any atom is -0.383 e. The summed E-state index contributed by atoms with van der Waals surface area (Å²) in [6.45, 7) is 1.40. The van der Waals surface area contributed by atoms with Crippen LogP contribution in [0, 0.1) is 11.6 Å². The number of methoxy groups -OCH3 is 1. The van der Waals surface area contributed by atoms with Gasteiger partial charge in [-0.25, -0.2) is 18.7 Å². The number of hydrogen-bond acceptors (Lipinski definition) is 6. The molecule has 1 aliphatic rings. The molecule has 0 bridgehead atoms. The van der Waals surface area contributed by atoms with Crippen molar-refractivity contribution in [2.24, 2.45) is 5.73 Å². The third kappa shape index (κ3) is 3.90. The van der Waals surface area contributed by atoms with E-state index in [2.05, 4.69) is 20.4 Å². The molecule has 3 N–H and O–H groups in total. The molecule has 0 saturated heterocycles. The highest BCUT2D eigenvalue weighted by atomic mass is 35.5. The van der Waals surface area contributed by atoms with E-state index in [-0.39, 0.29) is 22.1 Å². The van der Waals surface area contributed by atoms with Gasteiger partial charge in [-0.15, -0.1) is 0 Å². The Bertz CT molecular complexity index is 1030. The van der Waals surface area contributed by atoms with E-state index in [1.165, 1.54) is 28.9 Å². The molecular formula is C20H23ClF2N6O. The molecule has 0 radical (unpaired) electrons. The number of fused-ring (bicyclic) bond motifs is 1. The second-order valence-corrected chi connectivity index (χ2v) is 7.98. The van der Waals surface area contributed by atoms with Crippen LogP contribution in [0.3, 0.4) is 0 Å². The van der Waals surface area contributed by atoms with Gasteiger partial charge >= 0.3 is 0 Å². The van der Waals surface area contributed by atoms with Crippen molar-refractivity contribution in [1.82, 2.24) is 24.9 Å². The summed E-state index contributed by atoms with van der Waals surface area (Å²) < 4.78 is 35.4. The van der Waals surface area contributed by atoms with Crippen LogP contribution >= 0.6 is 11.6 Å². The number of halogens is 3. The number of nitrogens with zero attached hydrogens (tertiary/aromatic N) is 4. The maximum atomic E-state index is 14.4. The van der Waals surface area contributed by atoms with Gasteiger partial charge in [0.2, 0.25) is 0 Å². The van der Waals surface area contributed by atoms with Gasteiger partial charge in [-0.3, -0.25) is 0 Å². The van der Waals surface area contributed by atoms with Crippen LogP contribution in [0.1, 0.15) is 31.5 Å². The SMILES string of the molecule is COCCNC1CCC(N)(c2nc(-c3c(F)cccc3F)nc3c(Cl)cnn23)CC1.